The Bertz CT molecular complexity index is 485. The zero-order valence-corrected chi connectivity index (χ0v) is 13.9. The largest absolute Gasteiger partial charge is 0.376 e. The summed E-state index contributed by atoms with van der Waals surface area (Å²) in [6, 6.07) is 2.20. The smallest absolute Gasteiger partial charge is 0.251 e. The normalized spacial score (nSPS) is 26.9. The fourth-order valence-corrected chi connectivity index (χ4v) is 3.39. The maximum Gasteiger partial charge on any atom is 0.251 e. The van der Waals surface area contributed by atoms with Gasteiger partial charge in [-0.3, -0.25) is 9.48 Å². The Kier molecular flexibility index (Phi) is 5.67. The van der Waals surface area contributed by atoms with Crippen molar-refractivity contribution in [1.82, 2.24) is 14.7 Å². The van der Waals surface area contributed by atoms with Gasteiger partial charge in [0.25, 0.3) is 5.91 Å². The lowest BCUT2D eigenvalue weighted by Crippen LogP contribution is -2.46. The topological polar surface area (TPSA) is 56.6 Å². The van der Waals surface area contributed by atoms with E-state index in [1.807, 2.05) is 28.8 Å². The number of nitrogens with zero attached hydrogens (tertiary/aromatic N) is 3. The van der Waals surface area contributed by atoms with Crippen LogP contribution in [0.3, 0.4) is 0 Å². The molecule has 2 aliphatic rings. The molecule has 0 N–H and O–H groups in total. The Morgan fingerprint density at radius 1 is 1.39 bits per heavy atom. The third kappa shape index (κ3) is 4.32. The lowest BCUT2D eigenvalue weighted by atomic mass is 10.1. The van der Waals surface area contributed by atoms with Gasteiger partial charge >= 0.3 is 0 Å². The second-order valence-electron chi connectivity index (χ2n) is 6.53. The monoisotopic (exact) mass is 321 g/mol. The summed E-state index contributed by atoms with van der Waals surface area (Å²) in [6.45, 7) is 4.71. The van der Waals surface area contributed by atoms with E-state index >= 15 is 0 Å². The van der Waals surface area contributed by atoms with Gasteiger partial charge in [0.05, 0.1) is 18.8 Å². The number of carbonyl (C=O) groups excluding carboxylic acids is 1. The summed E-state index contributed by atoms with van der Waals surface area (Å²) in [5, 5.41) is 4.31. The number of piperidine rings is 1. The quantitative estimate of drug-likeness (QED) is 0.832. The predicted molar refractivity (Wildman–Crippen MR) is 86.1 cm³/mol. The highest BCUT2D eigenvalue weighted by Gasteiger charge is 2.28. The Hall–Kier alpha value is -1.40. The summed E-state index contributed by atoms with van der Waals surface area (Å²) in [5.41, 5.74) is 0. The molecule has 3 atom stereocenters. The van der Waals surface area contributed by atoms with Gasteiger partial charge in [0, 0.05) is 32.1 Å². The van der Waals surface area contributed by atoms with Crippen LogP contribution in [-0.4, -0.2) is 59.1 Å². The van der Waals surface area contributed by atoms with Crippen molar-refractivity contribution >= 4 is 5.91 Å². The van der Waals surface area contributed by atoms with E-state index in [1.54, 1.807) is 6.20 Å². The Morgan fingerprint density at radius 3 is 3.04 bits per heavy atom. The van der Waals surface area contributed by atoms with Crippen LogP contribution in [0.2, 0.25) is 0 Å². The molecule has 1 aromatic rings. The van der Waals surface area contributed by atoms with E-state index in [0.29, 0.717) is 13.2 Å². The molecule has 6 nitrogen and oxygen atoms in total. The molecule has 0 aromatic carbocycles. The minimum atomic E-state index is -0.406. The molecule has 23 heavy (non-hydrogen) atoms. The fraction of sp³-hybridized carbons (Fsp3) is 0.765. The third-order valence-corrected chi connectivity index (χ3v) is 4.76. The number of rotatable bonds is 5. The van der Waals surface area contributed by atoms with Crippen LogP contribution in [0.4, 0.5) is 0 Å². The van der Waals surface area contributed by atoms with Gasteiger partial charge in [-0.1, -0.05) is 0 Å². The van der Waals surface area contributed by atoms with Crippen LogP contribution in [0, 0.1) is 0 Å². The zero-order valence-electron chi connectivity index (χ0n) is 13.9. The maximum absolute atomic E-state index is 12.6. The van der Waals surface area contributed by atoms with E-state index in [0.717, 1.165) is 38.8 Å². The van der Waals surface area contributed by atoms with E-state index in [1.165, 1.54) is 6.42 Å². The van der Waals surface area contributed by atoms with Crippen molar-refractivity contribution in [3.05, 3.63) is 18.5 Å². The first-order chi connectivity index (χ1) is 11.2. The molecule has 1 amide bonds. The van der Waals surface area contributed by atoms with Crippen molar-refractivity contribution in [2.24, 2.45) is 0 Å². The average molecular weight is 321 g/mol. The van der Waals surface area contributed by atoms with Crippen LogP contribution in [0.25, 0.3) is 0 Å². The molecule has 6 heteroatoms. The second kappa shape index (κ2) is 7.93. The standard InChI is InChI=1S/C17H27N3O3/c1-14(23-13-16-7-2-3-11-22-16)17(21)19-9-4-6-15(12-19)20-10-5-8-18-20/h5,8,10,14-16H,2-4,6-7,9,11-13H2,1H3/t14-,15-,16-/m0/s1. The van der Waals surface area contributed by atoms with Gasteiger partial charge in [-0.25, -0.2) is 0 Å². The lowest BCUT2D eigenvalue weighted by Gasteiger charge is -2.34. The van der Waals surface area contributed by atoms with Crippen LogP contribution < -0.4 is 0 Å². The molecule has 2 saturated heterocycles. The first-order valence-electron chi connectivity index (χ1n) is 8.75. The molecule has 0 radical (unpaired) electrons. The molecule has 1 aromatic heterocycles. The van der Waals surface area contributed by atoms with Crippen molar-refractivity contribution in [2.75, 3.05) is 26.3 Å². The molecule has 0 spiro atoms. The van der Waals surface area contributed by atoms with Crippen LogP contribution in [0.5, 0.6) is 0 Å². The molecule has 0 unspecified atom stereocenters. The molecule has 128 valence electrons. The summed E-state index contributed by atoms with van der Waals surface area (Å²) in [5.74, 6) is 0.0812. The molecular weight excluding hydrogens is 294 g/mol. The minimum absolute atomic E-state index is 0.0812. The number of ether oxygens (including phenoxy) is 2. The summed E-state index contributed by atoms with van der Waals surface area (Å²) >= 11 is 0. The van der Waals surface area contributed by atoms with Gasteiger partial charge in [0.15, 0.2) is 0 Å². The summed E-state index contributed by atoms with van der Waals surface area (Å²) in [6.07, 6.45) is 8.93. The zero-order chi connectivity index (χ0) is 16.1. The molecule has 0 aliphatic carbocycles. The Labute approximate surface area is 137 Å². The molecule has 0 saturated carbocycles. The van der Waals surface area contributed by atoms with Gasteiger partial charge in [-0.2, -0.15) is 5.10 Å². The maximum atomic E-state index is 12.6. The number of likely N-dealkylation sites (tertiary alicyclic amines) is 1. The molecular formula is C17H27N3O3. The minimum Gasteiger partial charge on any atom is -0.376 e. The number of hydrogen-bond acceptors (Lipinski definition) is 4. The third-order valence-electron chi connectivity index (χ3n) is 4.76. The SMILES string of the molecule is C[C@H](OC[C@@H]1CCCCO1)C(=O)N1CCC[C@H](n2cccn2)C1. The summed E-state index contributed by atoms with van der Waals surface area (Å²) in [4.78, 5) is 14.5. The van der Waals surface area contributed by atoms with Crippen LogP contribution in [-0.2, 0) is 14.3 Å². The fourth-order valence-electron chi connectivity index (χ4n) is 3.39. The summed E-state index contributed by atoms with van der Waals surface area (Å²) < 4.78 is 13.4. The van der Waals surface area contributed by atoms with Gasteiger partial charge in [0.2, 0.25) is 0 Å². The molecule has 2 fully saturated rings. The first kappa shape index (κ1) is 16.5. The average Bonchev–Trinajstić information content (AvgIpc) is 3.15. The van der Waals surface area contributed by atoms with E-state index in [4.69, 9.17) is 9.47 Å². The van der Waals surface area contributed by atoms with E-state index in [9.17, 15) is 4.79 Å². The first-order valence-corrected chi connectivity index (χ1v) is 8.75. The van der Waals surface area contributed by atoms with Crippen molar-refractivity contribution < 1.29 is 14.3 Å². The highest BCUT2D eigenvalue weighted by molar-refractivity contribution is 5.80. The number of hydrogen-bond donors (Lipinski definition) is 0. The molecule has 2 aliphatic heterocycles. The van der Waals surface area contributed by atoms with Crippen LogP contribution in [0.15, 0.2) is 18.5 Å². The van der Waals surface area contributed by atoms with E-state index in [-0.39, 0.29) is 18.1 Å². The van der Waals surface area contributed by atoms with Gasteiger partial charge in [0.1, 0.15) is 6.10 Å². The summed E-state index contributed by atoms with van der Waals surface area (Å²) in [7, 11) is 0. The van der Waals surface area contributed by atoms with E-state index < -0.39 is 6.10 Å². The molecule has 3 heterocycles. The van der Waals surface area contributed by atoms with Crippen molar-refractivity contribution in [3.63, 3.8) is 0 Å². The van der Waals surface area contributed by atoms with Gasteiger partial charge < -0.3 is 14.4 Å². The van der Waals surface area contributed by atoms with Crippen LogP contribution >= 0.6 is 0 Å². The second-order valence-corrected chi connectivity index (χ2v) is 6.53. The number of amides is 1. The van der Waals surface area contributed by atoms with E-state index in [2.05, 4.69) is 5.10 Å². The van der Waals surface area contributed by atoms with Crippen molar-refractivity contribution in [1.29, 1.82) is 0 Å². The number of carbonyl (C=O) groups is 1. The Morgan fingerprint density at radius 2 is 2.30 bits per heavy atom. The number of aromatic nitrogens is 2. The highest BCUT2D eigenvalue weighted by atomic mass is 16.5. The lowest BCUT2D eigenvalue weighted by molar-refractivity contribution is -0.147. The van der Waals surface area contributed by atoms with Crippen molar-refractivity contribution in [3.8, 4) is 0 Å². The molecule has 3 rings (SSSR count). The van der Waals surface area contributed by atoms with Crippen LogP contribution in [0.1, 0.15) is 45.1 Å². The van der Waals surface area contributed by atoms with Gasteiger partial charge in [-0.15, -0.1) is 0 Å². The van der Waals surface area contributed by atoms with Crippen molar-refractivity contribution in [2.45, 2.75) is 57.3 Å². The van der Waals surface area contributed by atoms with Gasteiger partial charge in [-0.05, 0) is 45.1 Å². The molecule has 0 bridgehead atoms. The Balaban J connectivity index is 1.48. The highest BCUT2D eigenvalue weighted by Crippen LogP contribution is 2.21. The predicted octanol–water partition coefficient (Wildman–Crippen LogP) is 2.02.